The van der Waals surface area contributed by atoms with E-state index in [1.54, 1.807) is 0 Å². The van der Waals surface area contributed by atoms with Gasteiger partial charge in [-0.15, -0.1) is 0 Å². The molecule has 2 N–H and O–H groups in total. The predicted molar refractivity (Wildman–Crippen MR) is 59.9 cm³/mol. The van der Waals surface area contributed by atoms with Gasteiger partial charge in [-0.2, -0.15) is 0 Å². The van der Waals surface area contributed by atoms with Crippen LogP contribution in [0.3, 0.4) is 0 Å². The van der Waals surface area contributed by atoms with Gasteiger partial charge in [0.05, 0.1) is 0 Å². The first kappa shape index (κ1) is 9.00. The van der Waals surface area contributed by atoms with Crippen LogP contribution < -0.4 is 0 Å². The molecule has 14 heavy (non-hydrogen) atoms. The van der Waals surface area contributed by atoms with Crippen molar-refractivity contribution in [3.8, 4) is 0 Å². The molecule has 0 aromatic carbocycles. The Balaban J connectivity index is 2.41. The summed E-state index contributed by atoms with van der Waals surface area (Å²) in [5.41, 5.74) is 2.77. The molecular weight excluding hydrogens is 170 g/mol. The zero-order valence-corrected chi connectivity index (χ0v) is 7.62. The third-order valence-corrected chi connectivity index (χ3v) is 2.07. The van der Waals surface area contributed by atoms with Crippen molar-refractivity contribution in [3.05, 3.63) is 48.0 Å². The number of hydrogen-bond acceptors (Lipinski definition) is 0. The standard InChI is InChI=1S/C10H8B2N2/c11-9(7-3-1-5-13-7)10(12)8-4-2-6-14-8/h1-6,13-14H/b10-9-. The highest BCUT2D eigenvalue weighted by Gasteiger charge is 2.02. The topological polar surface area (TPSA) is 31.6 Å². The number of nitrogens with one attached hydrogen (secondary N) is 2. The average Bonchev–Trinajstić information content (AvgIpc) is 2.87. The van der Waals surface area contributed by atoms with Gasteiger partial charge in [-0.3, -0.25) is 0 Å². The van der Waals surface area contributed by atoms with E-state index in [2.05, 4.69) is 9.97 Å². The molecule has 2 aromatic heterocycles. The Hall–Kier alpha value is -1.57. The Bertz CT molecular complexity index is 384. The van der Waals surface area contributed by atoms with E-state index < -0.39 is 0 Å². The van der Waals surface area contributed by atoms with E-state index in [1.807, 2.05) is 36.7 Å². The number of rotatable bonds is 2. The first-order chi connectivity index (χ1) is 6.79. The van der Waals surface area contributed by atoms with E-state index >= 15 is 0 Å². The third kappa shape index (κ3) is 1.55. The molecule has 4 heteroatoms. The summed E-state index contributed by atoms with van der Waals surface area (Å²) in [6.45, 7) is 0. The third-order valence-electron chi connectivity index (χ3n) is 2.07. The molecule has 2 aromatic rings. The molecule has 64 valence electrons. The maximum absolute atomic E-state index is 5.88. The van der Waals surface area contributed by atoms with Gasteiger partial charge in [-0.25, -0.2) is 0 Å². The zero-order chi connectivity index (χ0) is 9.97. The number of hydrogen-bond donors (Lipinski definition) is 2. The molecule has 0 amide bonds. The highest BCUT2D eigenvalue weighted by Crippen LogP contribution is 2.18. The van der Waals surface area contributed by atoms with Gasteiger partial charge < -0.3 is 9.97 Å². The lowest BCUT2D eigenvalue weighted by atomic mass is 9.77. The smallest absolute Gasteiger partial charge is 0.115 e. The zero-order valence-electron chi connectivity index (χ0n) is 7.62. The summed E-state index contributed by atoms with van der Waals surface area (Å²) in [4.78, 5) is 6.01. The van der Waals surface area contributed by atoms with Crippen LogP contribution in [-0.4, -0.2) is 25.7 Å². The normalized spacial score (nSPS) is 12.6. The summed E-state index contributed by atoms with van der Waals surface area (Å²) in [5.74, 6) is 0. The highest BCUT2D eigenvalue weighted by molar-refractivity contribution is 6.59. The molecule has 4 radical (unpaired) electrons. The van der Waals surface area contributed by atoms with Gasteiger partial charge in [-0.1, -0.05) is 10.9 Å². The van der Waals surface area contributed by atoms with E-state index in [0.29, 0.717) is 10.9 Å². The Morgan fingerprint density at radius 1 is 0.857 bits per heavy atom. The SMILES string of the molecule is [B]/C(=C(\[B])c1ccc[nH]1)c1ccc[nH]1. The molecule has 0 spiro atoms. The summed E-state index contributed by atoms with van der Waals surface area (Å²) >= 11 is 0. The molecule has 0 bridgehead atoms. The lowest BCUT2D eigenvalue weighted by Crippen LogP contribution is -1.92. The maximum Gasteiger partial charge on any atom is 0.115 e. The highest BCUT2D eigenvalue weighted by atomic mass is 14.7. The lowest BCUT2D eigenvalue weighted by Gasteiger charge is -2.05. The van der Waals surface area contributed by atoms with Crippen molar-refractivity contribution < 1.29 is 0 Å². The minimum absolute atomic E-state index is 0.553. The van der Waals surface area contributed by atoms with E-state index in [1.165, 1.54) is 0 Å². The summed E-state index contributed by atoms with van der Waals surface area (Å²) in [6.07, 6.45) is 3.62. The first-order valence-corrected chi connectivity index (χ1v) is 4.32. The number of aromatic amines is 2. The van der Waals surface area contributed by atoms with Gasteiger partial charge in [0.1, 0.15) is 15.7 Å². The van der Waals surface area contributed by atoms with Crippen LogP contribution in [0.5, 0.6) is 0 Å². The number of H-pyrrole nitrogens is 2. The van der Waals surface area contributed by atoms with Crippen molar-refractivity contribution in [3.63, 3.8) is 0 Å². The minimum Gasteiger partial charge on any atom is -0.362 e. The van der Waals surface area contributed by atoms with E-state index in [4.69, 9.17) is 15.7 Å². The van der Waals surface area contributed by atoms with Crippen molar-refractivity contribution in [1.82, 2.24) is 9.97 Å². The molecule has 0 fully saturated rings. The van der Waals surface area contributed by atoms with Crippen molar-refractivity contribution in [2.24, 2.45) is 0 Å². The van der Waals surface area contributed by atoms with Crippen LogP contribution in [-0.2, 0) is 0 Å². The molecule has 2 heterocycles. The summed E-state index contributed by atoms with van der Waals surface area (Å²) in [7, 11) is 11.8. The Morgan fingerprint density at radius 2 is 1.29 bits per heavy atom. The molecule has 2 rings (SSSR count). The fourth-order valence-corrected chi connectivity index (χ4v) is 1.29. The maximum atomic E-state index is 5.88. The van der Waals surface area contributed by atoms with Crippen LogP contribution in [0, 0.1) is 0 Å². The predicted octanol–water partition coefficient (Wildman–Crippen LogP) is 1.51. The Morgan fingerprint density at radius 3 is 1.57 bits per heavy atom. The van der Waals surface area contributed by atoms with Crippen LogP contribution in [0.4, 0.5) is 0 Å². The summed E-state index contributed by atoms with van der Waals surface area (Å²) < 4.78 is 0. The second-order valence-electron chi connectivity index (χ2n) is 2.99. The quantitative estimate of drug-likeness (QED) is 0.652. The second kappa shape index (κ2) is 3.66. The van der Waals surface area contributed by atoms with Gasteiger partial charge >= 0.3 is 0 Å². The van der Waals surface area contributed by atoms with Gasteiger partial charge in [-0.05, 0) is 24.3 Å². The van der Waals surface area contributed by atoms with Crippen LogP contribution >= 0.6 is 0 Å². The van der Waals surface area contributed by atoms with Gasteiger partial charge in [0.15, 0.2) is 0 Å². The van der Waals surface area contributed by atoms with Crippen molar-refractivity contribution in [1.29, 1.82) is 0 Å². The van der Waals surface area contributed by atoms with Crippen LogP contribution in [0.2, 0.25) is 0 Å². The van der Waals surface area contributed by atoms with Gasteiger partial charge in [0, 0.05) is 23.8 Å². The van der Waals surface area contributed by atoms with Crippen molar-refractivity contribution in [2.45, 2.75) is 0 Å². The van der Waals surface area contributed by atoms with E-state index in [-0.39, 0.29) is 0 Å². The van der Waals surface area contributed by atoms with Crippen molar-refractivity contribution >= 4 is 26.6 Å². The first-order valence-electron chi connectivity index (χ1n) is 4.32. The summed E-state index contributed by atoms with van der Waals surface area (Å²) in [6, 6.07) is 7.52. The second-order valence-corrected chi connectivity index (χ2v) is 2.99. The fourth-order valence-electron chi connectivity index (χ4n) is 1.29. The molecule has 0 saturated heterocycles. The average molecular weight is 178 g/mol. The Labute approximate surface area is 85.3 Å². The largest absolute Gasteiger partial charge is 0.362 e. The van der Waals surface area contributed by atoms with Gasteiger partial charge in [0.2, 0.25) is 0 Å². The number of aromatic nitrogens is 2. The monoisotopic (exact) mass is 178 g/mol. The molecule has 0 aliphatic carbocycles. The lowest BCUT2D eigenvalue weighted by molar-refractivity contribution is 1.35. The molecule has 0 saturated carbocycles. The molecule has 0 aliphatic rings. The molecular formula is C10H8B2N2. The molecule has 2 nitrogen and oxygen atoms in total. The summed E-state index contributed by atoms with van der Waals surface area (Å²) in [5, 5.41) is 0. The Kier molecular flexibility index (Phi) is 2.35. The van der Waals surface area contributed by atoms with Crippen LogP contribution in [0.15, 0.2) is 36.7 Å². The minimum atomic E-state index is 0.553. The van der Waals surface area contributed by atoms with E-state index in [0.717, 1.165) is 11.4 Å². The molecule has 0 aliphatic heterocycles. The van der Waals surface area contributed by atoms with Crippen LogP contribution in [0.1, 0.15) is 11.4 Å². The van der Waals surface area contributed by atoms with Crippen LogP contribution in [0.25, 0.3) is 10.9 Å². The van der Waals surface area contributed by atoms with Gasteiger partial charge in [0.25, 0.3) is 0 Å². The van der Waals surface area contributed by atoms with E-state index in [9.17, 15) is 0 Å². The van der Waals surface area contributed by atoms with Crippen molar-refractivity contribution in [2.75, 3.05) is 0 Å². The molecule has 0 unspecified atom stereocenters. The molecule has 0 atom stereocenters. The fraction of sp³-hybridized carbons (Fsp3) is 0.